The van der Waals surface area contributed by atoms with Gasteiger partial charge in [-0.1, -0.05) is 127 Å². The van der Waals surface area contributed by atoms with Crippen LogP contribution in [0.25, 0.3) is 10.8 Å². The van der Waals surface area contributed by atoms with Crippen LogP contribution >= 0.6 is 0 Å². The topological polar surface area (TPSA) is 19.0 Å². The SMILES string of the molecule is Cc1ccc(N2c3cccc4c3B(c3ccc(N(c5ccccc5)c5ccccc5)cc3O4)c3c2cc(N(c2ccccc2)c2ccccc2)c2ccccc32)cc1. The van der Waals surface area contributed by atoms with Gasteiger partial charge in [-0.2, -0.15) is 0 Å². The molecule has 0 aliphatic carbocycles. The molecule has 2 heterocycles. The zero-order chi connectivity index (χ0) is 38.6. The van der Waals surface area contributed by atoms with Crippen LogP contribution in [0.1, 0.15) is 5.56 Å². The molecule has 58 heavy (non-hydrogen) atoms. The molecular weight excluding hydrogens is 705 g/mol. The van der Waals surface area contributed by atoms with E-state index in [1.165, 1.54) is 27.3 Å². The molecule has 0 fully saturated rings. The van der Waals surface area contributed by atoms with E-state index in [-0.39, 0.29) is 6.71 Å². The molecule has 9 aromatic rings. The largest absolute Gasteiger partial charge is 0.458 e. The number of aryl methyl sites for hydroxylation is 1. The monoisotopic (exact) mass is 743 g/mol. The van der Waals surface area contributed by atoms with Gasteiger partial charge in [0.05, 0.1) is 5.69 Å². The Kier molecular flexibility index (Phi) is 8.11. The van der Waals surface area contributed by atoms with E-state index in [9.17, 15) is 0 Å². The number of rotatable bonds is 7. The van der Waals surface area contributed by atoms with Gasteiger partial charge in [0.2, 0.25) is 0 Å². The second-order valence-corrected chi connectivity index (χ2v) is 15.0. The minimum absolute atomic E-state index is 0.0801. The molecule has 0 radical (unpaired) electrons. The Labute approximate surface area is 339 Å². The lowest BCUT2D eigenvalue weighted by Gasteiger charge is -2.41. The molecule has 0 N–H and O–H groups in total. The molecule has 9 aromatic carbocycles. The highest BCUT2D eigenvalue weighted by molar-refractivity contribution is 7.00. The summed E-state index contributed by atoms with van der Waals surface area (Å²) in [5.74, 6) is 1.74. The normalized spacial score (nSPS) is 12.3. The Hall–Kier alpha value is -7.50. The molecule has 11 rings (SSSR count). The summed E-state index contributed by atoms with van der Waals surface area (Å²) in [6.07, 6.45) is 0. The average molecular weight is 744 g/mol. The number of benzene rings is 9. The van der Waals surface area contributed by atoms with Gasteiger partial charge in [-0.3, -0.25) is 0 Å². The Morgan fingerprint density at radius 2 is 0.966 bits per heavy atom. The molecule has 274 valence electrons. The van der Waals surface area contributed by atoms with E-state index < -0.39 is 0 Å². The zero-order valence-corrected chi connectivity index (χ0v) is 32.0. The van der Waals surface area contributed by atoms with Gasteiger partial charge in [-0.05, 0) is 114 Å². The van der Waals surface area contributed by atoms with Crippen LogP contribution in [0.3, 0.4) is 0 Å². The summed E-state index contributed by atoms with van der Waals surface area (Å²) in [7, 11) is 0. The smallest absolute Gasteiger partial charge is 0.257 e. The average Bonchev–Trinajstić information content (AvgIpc) is 3.28. The van der Waals surface area contributed by atoms with Crippen LogP contribution < -0.4 is 35.8 Å². The third-order valence-electron chi connectivity index (χ3n) is 11.5. The summed E-state index contributed by atoms with van der Waals surface area (Å²) < 4.78 is 7.03. The fourth-order valence-corrected chi connectivity index (χ4v) is 8.99. The molecule has 0 atom stereocenters. The van der Waals surface area contributed by atoms with Gasteiger partial charge in [0, 0.05) is 57.0 Å². The Balaban J connectivity index is 1.18. The van der Waals surface area contributed by atoms with Crippen molar-refractivity contribution in [2.24, 2.45) is 0 Å². The van der Waals surface area contributed by atoms with Gasteiger partial charge in [-0.25, -0.2) is 0 Å². The number of hydrogen-bond donors (Lipinski definition) is 0. The van der Waals surface area contributed by atoms with E-state index in [4.69, 9.17) is 4.74 Å². The summed E-state index contributed by atoms with van der Waals surface area (Å²) in [5.41, 5.74) is 14.7. The number of ether oxygens (including phenoxy) is 1. The van der Waals surface area contributed by atoms with Crippen LogP contribution in [0.5, 0.6) is 11.5 Å². The van der Waals surface area contributed by atoms with Crippen molar-refractivity contribution in [3.8, 4) is 11.5 Å². The van der Waals surface area contributed by atoms with Crippen LogP contribution in [-0.4, -0.2) is 6.71 Å². The van der Waals surface area contributed by atoms with Crippen molar-refractivity contribution in [3.05, 3.63) is 218 Å². The second-order valence-electron chi connectivity index (χ2n) is 15.0. The molecule has 5 heteroatoms. The lowest BCUT2D eigenvalue weighted by atomic mass is 9.33. The van der Waals surface area contributed by atoms with Crippen molar-refractivity contribution in [1.82, 2.24) is 0 Å². The fourth-order valence-electron chi connectivity index (χ4n) is 8.99. The maximum absolute atomic E-state index is 7.03. The van der Waals surface area contributed by atoms with Gasteiger partial charge < -0.3 is 19.4 Å². The van der Waals surface area contributed by atoms with E-state index in [1.807, 2.05) is 0 Å². The van der Waals surface area contributed by atoms with Gasteiger partial charge in [-0.15, -0.1) is 0 Å². The first-order valence-electron chi connectivity index (χ1n) is 19.9. The highest BCUT2D eigenvalue weighted by Gasteiger charge is 2.43. The van der Waals surface area contributed by atoms with Gasteiger partial charge in [0.25, 0.3) is 6.71 Å². The molecular formula is C53H38BN3O. The third kappa shape index (κ3) is 5.54. The van der Waals surface area contributed by atoms with Crippen molar-refractivity contribution in [2.45, 2.75) is 6.92 Å². The van der Waals surface area contributed by atoms with Gasteiger partial charge in [0.1, 0.15) is 11.5 Å². The van der Waals surface area contributed by atoms with Crippen LogP contribution in [0.15, 0.2) is 212 Å². The molecule has 0 unspecified atom stereocenters. The first-order chi connectivity index (χ1) is 28.7. The number of para-hydroxylation sites is 4. The lowest BCUT2D eigenvalue weighted by molar-refractivity contribution is 0.487. The molecule has 0 aromatic heterocycles. The van der Waals surface area contributed by atoms with E-state index in [0.717, 1.165) is 68.1 Å². The molecule has 0 saturated carbocycles. The summed E-state index contributed by atoms with van der Waals surface area (Å²) >= 11 is 0. The highest BCUT2D eigenvalue weighted by atomic mass is 16.5. The molecule has 0 amide bonds. The van der Waals surface area contributed by atoms with Crippen molar-refractivity contribution in [2.75, 3.05) is 14.7 Å². The first kappa shape index (κ1) is 33.8. The van der Waals surface area contributed by atoms with E-state index >= 15 is 0 Å². The Bertz CT molecular complexity index is 2860. The van der Waals surface area contributed by atoms with Crippen molar-refractivity contribution in [1.29, 1.82) is 0 Å². The van der Waals surface area contributed by atoms with E-state index in [1.54, 1.807) is 0 Å². The van der Waals surface area contributed by atoms with Crippen LogP contribution in [0, 0.1) is 6.92 Å². The third-order valence-corrected chi connectivity index (χ3v) is 11.5. The summed E-state index contributed by atoms with van der Waals surface area (Å²) in [5, 5.41) is 2.39. The van der Waals surface area contributed by atoms with Crippen molar-refractivity contribution >= 4 is 85.1 Å². The Morgan fingerprint density at radius 1 is 0.414 bits per heavy atom. The molecule has 2 aliphatic heterocycles. The first-order valence-corrected chi connectivity index (χ1v) is 19.9. The molecule has 0 spiro atoms. The van der Waals surface area contributed by atoms with Crippen molar-refractivity contribution < 1.29 is 4.74 Å². The van der Waals surface area contributed by atoms with Crippen LogP contribution in [-0.2, 0) is 0 Å². The number of hydrogen-bond acceptors (Lipinski definition) is 4. The van der Waals surface area contributed by atoms with E-state index in [2.05, 4.69) is 234 Å². The van der Waals surface area contributed by atoms with Crippen LogP contribution in [0.2, 0.25) is 0 Å². The molecule has 4 nitrogen and oxygen atoms in total. The minimum Gasteiger partial charge on any atom is -0.458 e. The number of fused-ring (bicyclic) bond motifs is 6. The van der Waals surface area contributed by atoms with Gasteiger partial charge in [0.15, 0.2) is 0 Å². The standard InChI is InChI=1S/C53H38BN3O/c1-37-29-31-42(32-30-37)57-47-27-16-28-50-53(47)54(46-34-33-43(35-51(46)58-50)55(38-17-6-2-7-18-38)39-19-8-3-9-20-39)52-45-26-15-14-25-44(45)48(36-49(52)57)56(40-21-10-4-11-22-40)41-23-12-5-13-24-41/h2-36H,1H3. The fraction of sp³-hybridized carbons (Fsp3) is 0.0189. The summed E-state index contributed by atoms with van der Waals surface area (Å²) in [6, 6.07) is 76.1. The predicted octanol–water partition coefficient (Wildman–Crippen LogP) is 12.5. The molecule has 0 saturated heterocycles. The molecule has 2 aliphatic rings. The maximum atomic E-state index is 7.03. The zero-order valence-electron chi connectivity index (χ0n) is 32.0. The van der Waals surface area contributed by atoms with Crippen molar-refractivity contribution in [3.63, 3.8) is 0 Å². The maximum Gasteiger partial charge on any atom is 0.257 e. The van der Waals surface area contributed by atoms with Crippen LogP contribution in [0.4, 0.5) is 51.2 Å². The number of anilines is 9. The minimum atomic E-state index is -0.0801. The predicted molar refractivity (Wildman–Crippen MR) is 244 cm³/mol. The summed E-state index contributed by atoms with van der Waals surface area (Å²) in [6.45, 7) is 2.07. The van der Waals surface area contributed by atoms with E-state index in [0.29, 0.717) is 0 Å². The second kappa shape index (κ2) is 13.9. The highest BCUT2D eigenvalue weighted by Crippen LogP contribution is 2.47. The quantitative estimate of drug-likeness (QED) is 0.151. The van der Waals surface area contributed by atoms with Gasteiger partial charge >= 0.3 is 0 Å². The Morgan fingerprint density at radius 3 is 1.57 bits per heavy atom. The summed E-state index contributed by atoms with van der Waals surface area (Å²) in [4.78, 5) is 7.14. The lowest BCUT2D eigenvalue weighted by Crippen LogP contribution is -2.59. The number of nitrogens with zero attached hydrogens (tertiary/aromatic N) is 3. The molecule has 0 bridgehead atoms.